The number of imide groups is 1. The van der Waals surface area contributed by atoms with E-state index in [0.29, 0.717) is 31.6 Å². The van der Waals surface area contributed by atoms with E-state index in [9.17, 15) is 18.8 Å². The minimum absolute atomic E-state index is 0.00358. The summed E-state index contributed by atoms with van der Waals surface area (Å²) in [5.74, 6) is -1.28. The molecule has 2 aliphatic heterocycles. The Morgan fingerprint density at radius 1 is 1.07 bits per heavy atom. The van der Waals surface area contributed by atoms with Crippen molar-refractivity contribution < 1.29 is 18.8 Å². The SMILES string of the molecule is O=C(c1ccncc1F)N1CCC(N2CC(=O)N(c3ccccc3)C2=O)CC1. The maximum atomic E-state index is 13.8. The van der Waals surface area contributed by atoms with Crippen LogP contribution in [-0.4, -0.2) is 58.3 Å². The van der Waals surface area contributed by atoms with E-state index in [-0.39, 0.29) is 36.0 Å². The van der Waals surface area contributed by atoms with Gasteiger partial charge in [0.05, 0.1) is 17.4 Å². The first-order valence-corrected chi connectivity index (χ1v) is 9.13. The lowest BCUT2D eigenvalue weighted by molar-refractivity contribution is -0.116. The van der Waals surface area contributed by atoms with Crippen LogP contribution in [0.3, 0.4) is 0 Å². The van der Waals surface area contributed by atoms with Crippen molar-refractivity contribution in [2.24, 2.45) is 0 Å². The Morgan fingerprint density at radius 2 is 1.79 bits per heavy atom. The molecule has 2 aromatic rings. The molecular weight excluding hydrogens is 363 g/mol. The Hall–Kier alpha value is -3.29. The quantitative estimate of drug-likeness (QED) is 0.764. The molecule has 2 saturated heterocycles. The third kappa shape index (κ3) is 3.21. The van der Waals surface area contributed by atoms with Gasteiger partial charge in [-0.05, 0) is 31.0 Å². The number of piperidine rings is 1. The van der Waals surface area contributed by atoms with E-state index < -0.39 is 5.82 Å². The van der Waals surface area contributed by atoms with Gasteiger partial charge >= 0.3 is 6.03 Å². The van der Waals surface area contributed by atoms with Crippen molar-refractivity contribution >= 4 is 23.5 Å². The number of amides is 4. The van der Waals surface area contributed by atoms with E-state index in [4.69, 9.17) is 0 Å². The number of aromatic nitrogens is 1. The Kier molecular flexibility index (Phi) is 4.77. The van der Waals surface area contributed by atoms with Gasteiger partial charge in [0.2, 0.25) is 0 Å². The molecule has 0 unspecified atom stereocenters. The molecule has 2 fully saturated rings. The van der Waals surface area contributed by atoms with Gasteiger partial charge in [-0.2, -0.15) is 0 Å². The van der Waals surface area contributed by atoms with E-state index in [1.165, 1.54) is 17.2 Å². The third-order valence-electron chi connectivity index (χ3n) is 5.20. The van der Waals surface area contributed by atoms with E-state index in [1.54, 1.807) is 34.1 Å². The fourth-order valence-corrected chi connectivity index (χ4v) is 3.74. The zero-order chi connectivity index (χ0) is 19.7. The molecule has 1 aromatic carbocycles. The zero-order valence-corrected chi connectivity index (χ0v) is 15.1. The number of benzene rings is 1. The van der Waals surface area contributed by atoms with Gasteiger partial charge in [0.15, 0.2) is 5.82 Å². The molecule has 0 atom stereocenters. The normalized spacial score (nSPS) is 18.1. The fraction of sp³-hybridized carbons (Fsp3) is 0.300. The number of carbonyl (C=O) groups excluding carboxylic acids is 3. The summed E-state index contributed by atoms with van der Waals surface area (Å²) in [5.41, 5.74) is 0.553. The lowest BCUT2D eigenvalue weighted by Crippen LogP contribution is -2.48. The van der Waals surface area contributed by atoms with Gasteiger partial charge in [-0.3, -0.25) is 14.6 Å². The Morgan fingerprint density at radius 3 is 2.46 bits per heavy atom. The number of likely N-dealkylation sites (tertiary alicyclic amines) is 1. The zero-order valence-electron chi connectivity index (χ0n) is 15.1. The molecule has 0 bridgehead atoms. The number of anilines is 1. The van der Waals surface area contributed by atoms with Gasteiger partial charge in [0, 0.05) is 25.3 Å². The number of hydrogen-bond acceptors (Lipinski definition) is 4. The molecular formula is C20H19FN4O3. The highest BCUT2D eigenvalue weighted by atomic mass is 19.1. The molecule has 3 heterocycles. The fourth-order valence-electron chi connectivity index (χ4n) is 3.74. The molecule has 7 nitrogen and oxygen atoms in total. The Bertz CT molecular complexity index is 913. The molecule has 0 saturated carbocycles. The van der Waals surface area contributed by atoms with Crippen LogP contribution in [0.25, 0.3) is 0 Å². The number of para-hydroxylation sites is 1. The first-order chi connectivity index (χ1) is 13.6. The van der Waals surface area contributed by atoms with Crippen LogP contribution in [-0.2, 0) is 4.79 Å². The van der Waals surface area contributed by atoms with Gasteiger partial charge < -0.3 is 9.80 Å². The van der Waals surface area contributed by atoms with Crippen LogP contribution in [0.4, 0.5) is 14.9 Å². The number of urea groups is 1. The van der Waals surface area contributed by atoms with Crippen LogP contribution in [0.1, 0.15) is 23.2 Å². The van der Waals surface area contributed by atoms with Gasteiger partial charge in [-0.15, -0.1) is 0 Å². The summed E-state index contributed by atoms with van der Waals surface area (Å²) in [7, 11) is 0. The van der Waals surface area contributed by atoms with Gasteiger partial charge in [-0.25, -0.2) is 14.1 Å². The van der Waals surface area contributed by atoms with E-state index in [2.05, 4.69) is 4.98 Å². The third-order valence-corrected chi connectivity index (χ3v) is 5.20. The summed E-state index contributed by atoms with van der Waals surface area (Å²) in [5, 5.41) is 0. The Balaban J connectivity index is 1.42. The lowest BCUT2D eigenvalue weighted by atomic mass is 10.0. The van der Waals surface area contributed by atoms with Crippen molar-refractivity contribution in [3.8, 4) is 0 Å². The van der Waals surface area contributed by atoms with Crippen molar-refractivity contribution in [3.05, 3.63) is 60.2 Å². The van der Waals surface area contributed by atoms with Gasteiger partial charge in [0.25, 0.3) is 11.8 Å². The smallest absolute Gasteiger partial charge is 0.332 e. The number of halogens is 1. The van der Waals surface area contributed by atoms with Crippen LogP contribution in [0.2, 0.25) is 0 Å². The second-order valence-corrected chi connectivity index (χ2v) is 6.85. The summed E-state index contributed by atoms with van der Waals surface area (Å²) in [6.07, 6.45) is 3.49. The average molecular weight is 382 g/mol. The predicted octanol–water partition coefficient (Wildman–Crippen LogP) is 2.29. The molecule has 0 spiro atoms. The molecule has 2 aliphatic rings. The standard InChI is InChI=1S/C20H19FN4O3/c21-17-12-22-9-6-16(17)19(27)23-10-7-14(8-11-23)24-13-18(26)25(20(24)28)15-4-2-1-3-5-15/h1-6,9,12,14H,7-8,10-11,13H2. The van der Waals surface area contributed by atoms with Crippen molar-refractivity contribution in [2.75, 3.05) is 24.5 Å². The van der Waals surface area contributed by atoms with Gasteiger partial charge in [-0.1, -0.05) is 18.2 Å². The number of nitrogens with zero attached hydrogens (tertiary/aromatic N) is 4. The summed E-state index contributed by atoms with van der Waals surface area (Å²) in [6, 6.07) is 9.74. The summed E-state index contributed by atoms with van der Waals surface area (Å²) in [6.45, 7) is 0.828. The van der Waals surface area contributed by atoms with Crippen LogP contribution < -0.4 is 4.90 Å². The maximum absolute atomic E-state index is 13.8. The van der Waals surface area contributed by atoms with Crippen LogP contribution >= 0.6 is 0 Å². The summed E-state index contributed by atoms with van der Waals surface area (Å²) >= 11 is 0. The van der Waals surface area contributed by atoms with Crippen molar-refractivity contribution in [1.29, 1.82) is 0 Å². The Labute approximate surface area is 161 Å². The highest BCUT2D eigenvalue weighted by Crippen LogP contribution is 2.26. The number of hydrogen-bond donors (Lipinski definition) is 0. The number of rotatable bonds is 3. The van der Waals surface area contributed by atoms with E-state index in [1.807, 2.05) is 6.07 Å². The van der Waals surface area contributed by atoms with E-state index in [0.717, 1.165) is 6.20 Å². The average Bonchev–Trinajstić information content (AvgIpc) is 3.02. The lowest BCUT2D eigenvalue weighted by Gasteiger charge is -2.36. The molecule has 0 N–H and O–H groups in total. The minimum Gasteiger partial charge on any atom is -0.338 e. The second-order valence-electron chi connectivity index (χ2n) is 6.85. The second kappa shape index (κ2) is 7.38. The van der Waals surface area contributed by atoms with Crippen LogP contribution in [0.15, 0.2) is 48.8 Å². The molecule has 1 aromatic heterocycles. The molecule has 4 rings (SSSR count). The summed E-state index contributed by atoms with van der Waals surface area (Å²) in [4.78, 5) is 45.7. The molecule has 0 radical (unpaired) electrons. The number of pyridine rings is 1. The van der Waals surface area contributed by atoms with Crippen molar-refractivity contribution in [1.82, 2.24) is 14.8 Å². The van der Waals surface area contributed by atoms with Crippen LogP contribution in [0, 0.1) is 5.82 Å². The van der Waals surface area contributed by atoms with Crippen molar-refractivity contribution in [3.63, 3.8) is 0 Å². The molecule has 28 heavy (non-hydrogen) atoms. The first-order valence-electron chi connectivity index (χ1n) is 9.13. The largest absolute Gasteiger partial charge is 0.338 e. The summed E-state index contributed by atoms with van der Waals surface area (Å²) < 4.78 is 13.8. The molecule has 0 aliphatic carbocycles. The van der Waals surface area contributed by atoms with E-state index >= 15 is 0 Å². The van der Waals surface area contributed by atoms with Crippen LogP contribution in [0.5, 0.6) is 0 Å². The maximum Gasteiger partial charge on any atom is 0.332 e. The molecule has 144 valence electrons. The minimum atomic E-state index is -0.645. The first kappa shape index (κ1) is 18.1. The predicted molar refractivity (Wildman–Crippen MR) is 99.2 cm³/mol. The topological polar surface area (TPSA) is 73.8 Å². The highest BCUT2D eigenvalue weighted by Gasteiger charge is 2.41. The number of carbonyl (C=O) groups is 3. The van der Waals surface area contributed by atoms with Gasteiger partial charge in [0.1, 0.15) is 6.54 Å². The van der Waals surface area contributed by atoms with Crippen molar-refractivity contribution in [2.45, 2.75) is 18.9 Å². The molecule has 8 heteroatoms. The monoisotopic (exact) mass is 382 g/mol. The molecule has 4 amide bonds. The highest BCUT2D eigenvalue weighted by molar-refractivity contribution is 6.19.